The lowest BCUT2D eigenvalue weighted by Gasteiger charge is -2.44. The van der Waals surface area contributed by atoms with Crippen LogP contribution in [0.2, 0.25) is 0 Å². The van der Waals surface area contributed by atoms with Gasteiger partial charge in [-0.15, -0.1) is 0 Å². The number of halogens is 1. The first-order valence-corrected chi connectivity index (χ1v) is 19.0. The van der Waals surface area contributed by atoms with E-state index in [4.69, 9.17) is 9.47 Å². The Morgan fingerprint density at radius 1 is 0.774 bits per heavy atom. The highest BCUT2D eigenvalue weighted by molar-refractivity contribution is 14.1. The molecule has 8 rings (SSSR count). The first-order valence-electron chi connectivity index (χ1n) is 18.0. The molecular weight excluding hydrogens is 777 g/mol. The molecular formula is C44H38IN3O5. The molecule has 0 aliphatic carbocycles. The first kappa shape index (κ1) is 34.7. The zero-order chi connectivity index (χ0) is 36.5. The summed E-state index contributed by atoms with van der Waals surface area (Å²) < 4.78 is 12.9. The molecule has 1 saturated heterocycles. The SMILES string of the molecule is CCOc1cc(/C=C2\C(=O)NC(=O)N(c3cc4c5c(c3)[C@@H](c3ccccc3)CCN5CC[C@@H]4c3ccccc3)C2=O)cc(I)c1OCc1ccccc1. The number of hydrogen-bond donors (Lipinski definition) is 1. The van der Waals surface area contributed by atoms with Crippen LogP contribution in [0.4, 0.5) is 16.2 Å². The predicted molar refractivity (Wildman–Crippen MR) is 215 cm³/mol. The van der Waals surface area contributed by atoms with Crippen LogP contribution in [0.25, 0.3) is 6.08 Å². The highest BCUT2D eigenvalue weighted by atomic mass is 127. The van der Waals surface area contributed by atoms with Gasteiger partial charge in [0.25, 0.3) is 11.8 Å². The topological polar surface area (TPSA) is 88.2 Å². The Labute approximate surface area is 322 Å². The van der Waals surface area contributed by atoms with Gasteiger partial charge in [-0.05, 0) is 106 Å². The average molecular weight is 816 g/mol. The second-order valence-corrected chi connectivity index (χ2v) is 14.6. The molecule has 266 valence electrons. The Morgan fingerprint density at radius 3 is 1.94 bits per heavy atom. The van der Waals surface area contributed by atoms with E-state index in [1.54, 1.807) is 6.07 Å². The molecule has 3 aliphatic rings. The molecule has 0 aromatic heterocycles. The summed E-state index contributed by atoms with van der Waals surface area (Å²) in [6.45, 7) is 4.47. The minimum Gasteiger partial charge on any atom is -0.490 e. The van der Waals surface area contributed by atoms with Crippen LogP contribution < -0.4 is 24.6 Å². The van der Waals surface area contributed by atoms with Crippen LogP contribution in [-0.2, 0) is 16.2 Å². The number of barbiturate groups is 1. The molecule has 8 nitrogen and oxygen atoms in total. The highest BCUT2D eigenvalue weighted by Crippen LogP contribution is 2.50. The molecule has 53 heavy (non-hydrogen) atoms. The molecule has 5 aromatic carbocycles. The van der Waals surface area contributed by atoms with E-state index < -0.39 is 17.8 Å². The fourth-order valence-corrected chi connectivity index (χ4v) is 8.61. The number of amides is 4. The zero-order valence-electron chi connectivity index (χ0n) is 29.3. The molecule has 0 unspecified atom stereocenters. The molecule has 2 atom stereocenters. The number of rotatable bonds is 9. The van der Waals surface area contributed by atoms with Crippen molar-refractivity contribution >= 4 is 57.9 Å². The van der Waals surface area contributed by atoms with Gasteiger partial charge in [0.05, 0.1) is 15.9 Å². The summed E-state index contributed by atoms with van der Waals surface area (Å²) in [5, 5.41) is 2.45. The lowest BCUT2D eigenvalue weighted by atomic mass is 9.76. The van der Waals surface area contributed by atoms with Gasteiger partial charge in [-0.3, -0.25) is 14.9 Å². The van der Waals surface area contributed by atoms with Crippen molar-refractivity contribution in [2.45, 2.75) is 38.2 Å². The lowest BCUT2D eigenvalue weighted by Crippen LogP contribution is -2.54. The van der Waals surface area contributed by atoms with Crippen LogP contribution in [0.5, 0.6) is 11.5 Å². The van der Waals surface area contributed by atoms with Crippen LogP contribution in [0.1, 0.15) is 65.0 Å². The Balaban J connectivity index is 1.20. The van der Waals surface area contributed by atoms with E-state index in [0.717, 1.165) is 51.1 Å². The van der Waals surface area contributed by atoms with E-state index in [1.165, 1.54) is 22.9 Å². The van der Waals surface area contributed by atoms with Crippen LogP contribution in [0.15, 0.2) is 121 Å². The van der Waals surface area contributed by atoms with E-state index in [1.807, 2.05) is 67.6 Å². The molecule has 1 fully saturated rings. The minimum absolute atomic E-state index is 0.0805. The number of benzene rings is 5. The Bertz CT molecular complexity index is 2150. The molecule has 3 heterocycles. The van der Waals surface area contributed by atoms with Crippen molar-refractivity contribution in [2.24, 2.45) is 0 Å². The Morgan fingerprint density at radius 2 is 1.36 bits per heavy atom. The molecule has 0 radical (unpaired) electrons. The van der Waals surface area contributed by atoms with Gasteiger partial charge in [0.2, 0.25) is 0 Å². The van der Waals surface area contributed by atoms with Crippen molar-refractivity contribution < 1.29 is 23.9 Å². The molecule has 0 spiro atoms. The second-order valence-electron chi connectivity index (χ2n) is 13.5. The van der Waals surface area contributed by atoms with Gasteiger partial charge < -0.3 is 14.4 Å². The van der Waals surface area contributed by atoms with Gasteiger partial charge in [-0.2, -0.15) is 0 Å². The van der Waals surface area contributed by atoms with Gasteiger partial charge in [0.1, 0.15) is 12.2 Å². The van der Waals surface area contributed by atoms with Crippen molar-refractivity contribution in [1.82, 2.24) is 5.32 Å². The predicted octanol–water partition coefficient (Wildman–Crippen LogP) is 8.81. The van der Waals surface area contributed by atoms with Crippen molar-refractivity contribution in [1.29, 1.82) is 0 Å². The number of ether oxygens (including phenoxy) is 2. The van der Waals surface area contributed by atoms with E-state index in [9.17, 15) is 14.4 Å². The molecule has 1 N–H and O–H groups in total. The monoisotopic (exact) mass is 815 g/mol. The number of carbonyl (C=O) groups is 3. The zero-order valence-corrected chi connectivity index (χ0v) is 31.4. The molecule has 4 amide bonds. The third-order valence-corrected chi connectivity index (χ3v) is 11.0. The van der Waals surface area contributed by atoms with Crippen LogP contribution in [-0.4, -0.2) is 37.5 Å². The summed E-state index contributed by atoms with van der Waals surface area (Å²) in [5.41, 5.74) is 7.61. The summed E-state index contributed by atoms with van der Waals surface area (Å²) in [6.07, 6.45) is 3.34. The van der Waals surface area contributed by atoms with Crippen molar-refractivity contribution in [3.8, 4) is 11.5 Å². The van der Waals surface area contributed by atoms with Crippen molar-refractivity contribution in [3.05, 3.63) is 158 Å². The maximum Gasteiger partial charge on any atom is 0.335 e. The fraction of sp³-hybridized carbons (Fsp3) is 0.205. The number of anilines is 2. The van der Waals surface area contributed by atoms with Crippen LogP contribution in [0, 0.1) is 3.57 Å². The van der Waals surface area contributed by atoms with Crippen LogP contribution >= 0.6 is 22.6 Å². The number of carbonyl (C=O) groups excluding carboxylic acids is 3. The third kappa shape index (κ3) is 6.81. The number of hydrogen-bond acceptors (Lipinski definition) is 6. The second kappa shape index (κ2) is 14.9. The van der Waals surface area contributed by atoms with E-state index in [2.05, 4.69) is 81.3 Å². The van der Waals surface area contributed by atoms with Gasteiger partial charge >= 0.3 is 6.03 Å². The lowest BCUT2D eigenvalue weighted by molar-refractivity contribution is -0.122. The van der Waals surface area contributed by atoms with Gasteiger partial charge in [-0.1, -0.05) is 91.0 Å². The van der Waals surface area contributed by atoms with Crippen molar-refractivity contribution in [2.75, 3.05) is 29.5 Å². The van der Waals surface area contributed by atoms with E-state index >= 15 is 0 Å². The minimum atomic E-state index is -0.769. The standard InChI is InChI=1S/C44H38IN3O5/c1-2-52-39-24-29(23-38(45)41(39)53-27-28-12-6-3-7-13-28)22-37-42(49)46-44(51)48(43(37)50)32-25-35-33(30-14-8-4-9-15-30)18-20-47-21-19-34(36(26-32)40(35)47)31-16-10-5-11-17-31/h3-17,22-26,33-34H,2,18-21,27H2,1H3,(H,46,49,51)/b37-22+/t33-,34-/m1/s1. The number of imide groups is 2. The number of urea groups is 1. The van der Waals surface area contributed by atoms with Gasteiger partial charge in [0, 0.05) is 30.6 Å². The van der Waals surface area contributed by atoms with E-state index in [0.29, 0.717) is 36.0 Å². The Hall–Kier alpha value is -5.42. The highest BCUT2D eigenvalue weighted by Gasteiger charge is 2.40. The van der Waals surface area contributed by atoms with Crippen LogP contribution in [0.3, 0.4) is 0 Å². The maximum atomic E-state index is 14.4. The Kier molecular flexibility index (Phi) is 9.74. The smallest absolute Gasteiger partial charge is 0.335 e. The normalized spacial score (nSPS) is 18.8. The fourth-order valence-electron chi connectivity index (χ4n) is 7.83. The largest absolute Gasteiger partial charge is 0.490 e. The molecule has 5 aromatic rings. The molecule has 9 heteroatoms. The summed E-state index contributed by atoms with van der Waals surface area (Å²) in [7, 11) is 0. The molecule has 0 saturated carbocycles. The number of nitrogens with one attached hydrogen (secondary N) is 1. The third-order valence-electron chi connectivity index (χ3n) is 10.2. The van der Waals surface area contributed by atoms with Gasteiger partial charge in [-0.25, -0.2) is 9.69 Å². The quantitative estimate of drug-likeness (QED) is 0.0910. The molecule has 3 aliphatic heterocycles. The first-order chi connectivity index (χ1) is 25.9. The van der Waals surface area contributed by atoms with Gasteiger partial charge in [0.15, 0.2) is 11.5 Å². The van der Waals surface area contributed by atoms with E-state index in [-0.39, 0.29) is 17.4 Å². The maximum absolute atomic E-state index is 14.4. The summed E-state index contributed by atoms with van der Waals surface area (Å²) in [5.74, 6) is -0.194. The summed E-state index contributed by atoms with van der Waals surface area (Å²) in [4.78, 5) is 45.1. The summed E-state index contributed by atoms with van der Waals surface area (Å²) >= 11 is 2.18. The summed E-state index contributed by atoms with van der Waals surface area (Å²) in [6, 6.07) is 37.5. The molecule has 0 bridgehead atoms. The van der Waals surface area contributed by atoms with Crippen molar-refractivity contribution in [3.63, 3.8) is 0 Å². The number of nitrogens with zero attached hydrogens (tertiary/aromatic N) is 2. The average Bonchev–Trinajstić information content (AvgIpc) is 3.17.